The van der Waals surface area contributed by atoms with Crippen molar-refractivity contribution in [2.75, 3.05) is 27.1 Å². The monoisotopic (exact) mass is 510 g/mol. The molecular weight excluding hydrogens is 477 g/mol. The highest BCUT2D eigenvalue weighted by Crippen LogP contribution is 2.62. The van der Waals surface area contributed by atoms with E-state index in [0.717, 1.165) is 57.5 Å². The summed E-state index contributed by atoms with van der Waals surface area (Å²) in [4.78, 5) is 0. The van der Waals surface area contributed by atoms with Crippen LogP contribution >= 0.6 is 0 Å². The number of halogens is 3. The van der Waals surface area contributed by atoms with E-state index in [1.807, 2.05) is 12.1 Å². The zero-order chi connectivity index (χ0) is 25.6. The van der Waals surface area contributed by atoms with E-state index in [1.54, 1.807) is 19.2 Å². The van der Waals surface area contributed by atoms with Gasteiger partial charge in [-0.1, -0.05) is 24.3 Å². The second kappa shape index (κ2) is 9.63. The van der Waals surface area contributed by atoms with Gasteiger partial charge in [0.05, 0.1) is 18.8 Å². The number of hydrogen-bond acceptors (Lipinski definition) is 3. The predicted molar refractivity (Wildman–Crippen MR) is 138 cm³/mol. The van der Waals surface area contributed by atoms with Gasteiger partial charge >= 0.3 is 6.18 Å². The van der Waals surface area contributed by atoms with Crippen molar-refractivity contribution < 1.29 is 27.4 Å². The first-order chi connectivity index (χ1) is 17.8. The molecule has 4 aliphatic carbocycles. The summed E-state index contributed by atoms with van der Waals surface area (Å²) in [5.74, 6) is 3.29. The van der Waals surface area contributed by atoms with Gasteiger partial charge in [-0.25, -0.2) is 0 Å². The van der Waals surface area contributed by atoms with E-state index in [2.05, 4.69) is 18.2 Å². The summed E-state index contributed by atoms with van der Waals surface area (Å²) in [6.07, 6.45) is 3.39. The van der Waals surface area contributed by atoms with Crippen LogP contribution in [0.2, 0.25) is 0 Å². The Bertz CT molecular complexity index is 1230. The fraction of sp³-hybridized carbons (Fsp3) is 0.484. The Kier molecular flexibility index (Phi) is 6.44. The Morgan fingerprint density at radius 3 is 2.05 bits per heavy atom. The maximum Gasteiger partial charge on any atom is 0.416 e. The maximum atomic E-state index is 13.0. The quantitative estimate of drug-likeness (QED) is 0.227. The second-order valence-electron chi connectivity index (χ2n) is 11.3. The Balaban J connectivity index is 1.37. The summed E-state index contributed by atoms with van der Waals surface area (Å²) >= 11 is 0. The molecule has 4 aliphatic rings. The van der Waals surface area contributed by atoms with Crippen molar-refractivity contribution in [3.63, 3.8) is 0 Å². The van der Waals surface area contributed by atoms with Crippen LogP contribution in [-0.2, 0) is 21.1 Å². The van der Waals surface area contributed by atoms with Crippen LogP contribution in [0.25, 0.3) is 21.9 Å². The molecule has 37 heavy (non-hydrogen) atoms. The number of fused-ring (bicyclic) bond motifs is 1. The van der Waals surface area contributed by atoms with E-state index >= 15 is 0 Å². The van der Waals surface area contributed by atoms with Crippen LogP contribution in [0.4, 0.5) is 13.2 Å². The second-order valence-corrected chi connectivity index (χ2v) is 11.3. The van der Waals surface area contributed by atoms with Crippen LogP contribution in [0, 0.1) is 17.8 Å². The molecular formula is C31H33F3O3. The van der Waals surface area contributed by atoms with Gasteiger partial charge in [0.15, 0.2) is 6.79 Å². The SMILES string of the molecule is COCCOCOc1cc2ccc(-c3ccc(C(F)(F)F)cc3)cc2cc1C12CC3CC(CC(C3)C1)C2. The molecule has 4 bridgehead atoms. The molecule has 0 spiro atoms. The molecule has 196 valence electrons. The molecule has 0 aromatic heterocycles. The zero-order valence-corrected chi connectivity index (χ0v) is 21.2. The fourth-order valence-corrected chi connectivity index (χ4v) is 7.59. The van der Waals surface area contributed by atoms with Gasteiger partial charge in [-0.15, -0.1) is 0 Å². The van der Waals surface area contributed by atoms with Crippen molar-refractivity contribution in [1.82, 2.24) is 0 Å². The molecule has 0 radical (unpaired) electrons. The first kappa shape index (κ1) is 24.7. The Morgan fingerprint density at radius 2 is 1.43 bits per heavy atom. The summed E-state index contributed by atoms with van der Waals surface area (Å²) in [5.41, 5.74) is 2.47. The molecule has 4 fully saturated rings. The summed E-state index contributed by atoms with van der Waals surface area (Å²) in [6, 6.07) is 15.9. The molecule has 0 heterocycles. The van der Waals surface area contributed by atoms with Gasteiger partial charge in [-0.2, -0.15) is 13.2 Å². The van der Waals surface area contributed by atoms with Gasteiger partial charge in [0.25, 0.3) is 0 Å². The number of hydrogen-bond donors (Lipinski definition) is 0. The van der Waals surface area contributed by atoms with Gasteiger partial charge in [0, 0.05) is 12.7 Å². The van der Waals surface area contributed by atoms with E-state index in [1.165, 1.54) is 44.1 Å². The van der Waals surface area contributed by atoms with E-state index in [-0.39, 0.29) is 12.2 Å². The predicted octanol–water partition coefficient (Wildman–Crippen LogP) is 7.99. The number of alkyl halides is 3. The third kappa shape index (κ3) is 4.86. The van der Waals surface area contributed by atoms with Crippen LogP contribution < -0.4 is 4.74 Å². The first-order valence-corrected chi connectivity index (χ1v) is 13.3. The average Bonchev–Trinajstić information content (AvgIpc) is 2.86. The van der Waals surface area contributed by atoms with Crippen molar-refractivity contribution in [3.05, 3.63) is 65.7 Å². The molecule has 0 amide bonds. The van der Waals surface area contributed by atoms with E-state index in [0.29, 0.717) is 13.2 Å². The van der Waals surface area contributed by atoms with Gasteiger partial charge in [0.1, 0.15) is 5.75 Å². The third-order valence-electron chi connectivity index (χ3n) is 8.82. The fourth-order valence-electron chi connectivity index (χ4n) is 7.59. The van der Waals surface area contributed by atoms with Crippen molar-refractivity contribution >= 4 is 10.8 Å². The number of rotatable bonds is 8. The summed E-state index contributed by atoms with van der Waals surface area (Å²) in [7, 11) is 1.65. The Morgan fingerprint density at radius 1 is 0.784 bits per heavy atom. The van der Waals surface area contributed by atoms with Gasteiger partial charge in [-0.05, 0) is 114 Å². The van der Waals surface area contributed by atoms with Gasteiger partial charge in [0.2, 0.25) is 0 Å². The molecule has 0 aliphatic heterocycles. The maximum absolute atomic E-state index is 13.0. The Labute approximate surface area is 215 Å². The molecule has 3 aromatic rings. The molecule has 4 saturated carbocycles. The molecule has 0 N–H and O–H groups in total. The summed E-state index contributed by atoms with van der Waals surface area (Å²) in [5, 5.41) is 2.15. The summed E-state index contributed by atoms with van der Waals surface area (Å²) in [6.45, 7) is 1.18. The van der Waals surface area contributed by atoms with Crippen molar-refractivity contribution in [1.29, 1.82) is 0 Å². The normalized spacial score (nSPS) is 26.6. The highest BCUT2D eigenvalue weighted by atomic mass is 19.4. The third-order valence-corrected chi connectivity index (χ3v) is 8.82. The minimum atomic E-state index is -4.33. The topological polar surface area (TPSA) is 27.7 Å². The first-order valence-electron chi connectivity index (χ1n) is 13.3. The van der Waals surface area contributed by atoms with Crippen LogP contribution in [-0.4, -0.2) is 27.1 Å². The highest BCUT2D eigenvalue weighted by Gasteiger charge is 2.52. The van der Waals surface area contributed by atoms with Crippen LogP contribution in [0.1, 0.15) is 49.7 Å². The molecule has 0 unspecified atom stereocenters. The van der Waals surface area contributed by atoms with Crippen LogP contribution in [0.3, 0.4) is 0 Å². The van der Waals surface area contributed by atoms with E-state index < -0.39 is 11.7 Å². The lowest BCUT2D eigenvalue weighted by molar-refractivity contribution is -0.137. The minimum absolute atomic E-state index is 0.134. The standard InChI is InChI=1S/C31H33F3O3/c1-35-8-9-36-19-37-29-15-25-3-2-24(23-4-6-27(7-5-23)31(32,33)34)13-26(25)14-28(29)30-16-20-10-21(17-30)12-22(11-20)18-30/h2-7,13-15,20-22H,8-12,16-19H2,1H3. The number of methoxy groups -OCH3 is 1. The molecule has 3 aromatic carbocycles. The van der Waals surface area contributed by atoms with Gasteiger partial charge < -0.3 is 14.2 Å². The van der Waals surface area contributed by atoms with E-state index in [9.17, 15) is 13.2 Å². The van der Waals surface area contributed by atoms with Crippen molar-refractivity contribution in [2.45, 2.75) is 50.1 Å². The van der Waals surface area contributed by atoms with Crippen LogP contribution in [0.5, 0.6) is 5.75 Å². The molecule has 3 nitrogen and oxygen atoms in total. The van der Waals surface area contributed by atoms with Crippen LogP contribution in [0.15, 0.2) is 54.6 Å². The molecule has 0 atom stereocenters. The van der Waals surface area contributed by atoms with Crippen molar-refractivity contribution in [3.8, 4) is 16.9 Å². The minimum Gasteiger partial charge on any atom is -0.467 e. The smallest absolute Gasteiger partial charge is 0.416 e. The average molecular weight is 511 g/mol. The van der Waals surface area contributed by atoms with Gasteiger partial charge in [-0.3, -0.25) is 0 Å². The highest BCUT2D eigenvalue weighted by molar-refractivity contribution is 5.89. The summed E-state index contributed by atoms with van der Waals surface area (Å²) < 4.78 is 56.1. The number of ether oxygens (including phenoxy) is 3. The lowest BCUT2D eigenvalue weighted by Crippen LogP contribution is -2.48. The lowest BCUT2D eigenvalue weighted by Gasteiger charge is -2.57. The van der Waals surface area contributed by atoms with Crippen molar-refractivity contribution in [2.24, 2.45) is 17.8 Å². The molecule has 6 heteroatoms. The zero-order valence-electron chi connectivity index (χ0n) is 21.2. The molecule has 0 saturated heterocycles. The molecule has 7 rings (SSSR count). The Hall–Kier alpha value is -2.57. The lowest BCUT2D eigenvalue weighted by atomic mass is 9.48. The number of benzene rings is 3. The van der Waals surface area contributed by atoms with E-state index in [4.69, 9.17) is 14.2 Å². The largest absolute Gasteiger partial charge is 0.467 e.